The number of rotatable bonds is 1. The molecular weight excluding hydrogens is 292 g/mol. The predicted molar refractivity (Wildman–Crippen MR) is 54.3 cm³/mol. The Morgan fingerprint density at radius 3 is 2.06 bits per heavy atom. The highest BCUT2D eigenvalue weighted by Gasteiger charge is 2.34. The van der Waals surface area contributed by atoms with Gasteiger partial charge in [-0.25, -0.2) is 4.39 Å². The van der Waals surface area contributed by atoms with Gasteiger partial charge in [0.25, 0.3) is 0 Å². The molecule has 0 radical (unpaired) electrons. The fraction of sp³-hybridized carbons (Fsp3) is 0.400. The maximum absolute atomic E-state index is 13.5. The number of alkyl halides is 3. The fourth-order valence-electron chi connectivity index (χ4n) is 1.20. The number of halogens is 5. The normalized spacial score (nSPS) is 13.0. The van der Waals surface area contributed by atoms with Crippen molar-refractivity contribution in [2.24, 2.45) is 0 Å². The Morgan fingerprint density at radius 1 is 1.19 bits per heavy atom. The van der Waals surface area contributed by atoms with Crippen LogP contribution in [-0.4, -0.2) is 5.11 Å². The highest BCUT2D eigenvalue weighted by atomic mass is 79.9. The van der Waals surface area contributed by atoms with E-state index in [1.165, 1.54) is 13.8 Å². The first-order valence-corrected chi connectivity index (χ1v) is 5.12. The summed E-state index contributed by atoms with van der Waals surface area (Å²) in [6.45, 7) is 2.44. The first-order valence-electron chi connectivity index (χ1n) is 4.32. The molecule has 0 heterocycles. The predicted octanol–water partition coefficient (Wildman–Crippen LogP) is 3.83. The van der Waals surface area contributed by atoms with Crippen LogP contribution in [0.1, 0.15) is 25.0 Å². The quantitative estimate of drug-likeness (QED) is 0.782. The number of hydrogen-bond acceptors (Lipinski definition) is 1. The molecule has 0 aromatic heterocycles. The third-order valence-electron chi connectivity index (χ3n) is 2.01. The molecule has 0 saturated carbocycles. The summed E-state index contributed by atoms with van der Waals surface area (Å²) in [6.07, 6.45) is -4.57. The molecule has 0 amide bonds. The van der Waals surface area contributed by atoms with Gasteiger partial charge in [0.2, 0.25) is 0 Å². The molecule has 0 saturated heterocycles. The van der Waals surface area contributed by atoms with E-state index in [0.717, 1.165) is 0 Å². The van der Waals surface area contributed by atoms with E-state index < -0.39 is 28.7 Å². The average molecular weight is 301 g/mol. The smallest absolute Gasteiger partial charge is 0.386 e. The van der Waals surface area contributed by atoms with Crippen molar-refractivity contribution in [2.45, 2.75) is 25.6 Å². The standard InChI is InChI=1S/C10H9BrF4O/c1-9(2,16)6-3-5(10(13,14)15)4-7(11)8(6)12/h3-4,16H,1-2H3. The summed E-state index contributed by atoms with van der Waals surface area (Å²) >= 11 is 2.70. The molecule has 0 aliphatic rings. The van der Waals surface area contributed by atoms with E-state index in [4.69, 9.17) is 0 Å². The van der Waals surface area contributed by atoms with Crippen molar-refractivity contribution in [2.75, 3.05) is 0 Å². The minimum absolute atomic E-state index is 0.320. The van der Waals surface area contributed by atoms with Crippen LogP contribution < -0.4 is 0 Å². The zero-order valence-electron chi connectivity index (χ0n) is 8.49. The summed E-state index contributed by atoms with van der Waals surface area (Å²) in [5.41, 5.74) is -3.07. The largest absolute Gasteiger partial charge is 0.416 e. The van der Waals surface area contributed by atoms with E-state index in [2.05, 4.69) is 15.9 Å². The lowest BCUT2D eigenvalue weighted by Crippen LogP contribution is -2.19. The van der Waals surface area contributed by atoms with Gasteiger partial charge in [-0.3, -0.25) is 0 Å². The molecule has 1 nitrogen and oxygen atoms in total. The molecule has 1 N–H and O–H groups in total. The van der Waals surface area contributed by atoms with Gasteiger partial charge >= 0.3 is 6.18 Å². The highest BCUT2D eigenvalue weighted by Crippen LogP contribution is 2.36. The van der Waals surface area contributed by atoms with Gasteiger partial charge in [-0.2, -0.15) is 13.2 Å². The summed E-state index contributed by atoms with van der Waals surface area (Å²) in [5, 5.41) is 9.56. The van der Waals surface area contributed by atoms with Gasteiger partial charge in [-0.15, -0.1) is 0 Å². The first kappa shape index (κ1) is 13.4. The Hall–Kier alpha value is -0.620. The van der Waals surface area contributed by atoms with Gasteiger partial charge < -0.3 is 5.11 Å². The van der Waals surface area contributed by atoms with E-state index in [1.807, 2.05) is 0 Å². The molecular formula is C10H9BrF4O. The molecule has 0 atom stereocenters. The second-order valence-corrected chi connectivity index (χ2v) is 4.73. The van der Waals surface area contributed by atoms with Gasteiger partial charge in [0.05, 0.1) is 15.6 Å². The summed E-state index contributed by atoms with van der Waals surface area (Å²) in [6, 6.07) is 1.25. The SMILES string of the molecule is CC(C)(O)c1cc(C(F)(F)F)cc(Br)c1F. The fourth-order valence-corrected chi connectivity index (χ4v) is 1.66. The summed E-state index contributed by atoms with van der Waals surface area (Å²) in [4.78, 5) is 0. The second kappa shape index (κ2) is 4.00. The van der Waals surface area contributed by atoms with Crippen molar-refractivity contribution in [1.82, 2.24) is 0 Å². The Kier molecular flexibility index (Phi) is 3.36. The van der Waals surface area contributed by atoms with Crippen molar-refractivity contribution in [3.8, 4) is 0 Å². The highest BCUT2D eigenvalue weighted by molar-refractivity contribution is 9.10. The molecule has 0 fully saturated rings. The van der Waals surface area contributed by atoms with Crippen molar-refractivity contribution in [3.05, 3.63) is 33.5 Å². The van der Waals surface area contributed by atoms with Crippen LogP contribution in [0.2, 0.25) is 0 Å². The van der Waals surface area contributed by atoms with Crippen molar-refractivity contribution in [3.63, 3.8) is 0 Å². The molecule has 1 aromatic rings. The molecule has 6 heteroatoms. The van der Waals surface area contributed by atoms with E-state index in [-0.39, 0.29) is 4.47 Å². The van der Waals surface area contributed by atoms with E-state index >= 15 is 0 Å². The lowest BCUT2D eigenvalue weighted by atomic mass is 9.96. The van der Waals surface area contributed by atoms with Gasteiger partial charge in [-0.1, -0.05) is 0 Å². The van der Waals surface area contributed by atoms with E-state index in [0.29, 0.717) is 12.1 Å². The topological polar surface area (TPSA) is 20.2 Å². The molecule has 0 bridgehead atoms. The number of aliphatic hydroxyl groups is 1. The molecule has 0 unspecified atom stereocenters. The average Bonchev–Trinajstić information content (AvgIpc) is 2.05. The van der Waals surface area contributed by atoms with Crippen molar-refractivity contribution < 1.29 is 22.7 Å². The minimum atomic E-state index is -4.57. The lowest BCUT2D eigenvalue weighted by Gasteiger charge is -2.21. The zero-order chi connectivity index (χ0) is 12.7. The molecule has 90 valence electrons. The van der Waals surface area contributed by atoms with Crippen molar-refractivity contribution >= 4 is 15.9 Å². The Bertz CT molecular complexity index is 407. The van der Waals surface area contributed by atoms with Gasteiger partial charge in [0.15, 0.2) is 0 Å². The minimum Gasteiger partial charge on any atom is -0.386 e. The van der Waals surface area contributed by atoms with Gasteiger partial charge in [0.1, 0.15) is 5.82 Å². The second-order valence-electron chi connectivity index (χ2n) is 3.88. The van der Waals surface area contributed by atoms with Crippen LogP contribution in [-0.2, 0) is 11.8 Å². The summed E-state index contributed by atoms with van der Waals surface area (Å²) in [7, 11) is 0. The van der Waals surface area contributed by atoms with Crippen LogP contribution in [0.3, 0.4) is 0 Å². The third kappa shape index (κ3) is 2.74. The summed E-state index contributed by atoms with van der Waals surface area (Å²) in [5.74, 6) is -0.888. The van der Waals surface area contributed by atoms with Crippen molar-refractivity contribution in [1.29, 1.82) is 0 Å². The van der Waals surface area contributed by atoms with Crippen LogP contribution >= 0.6 is 15.9 Å². The van der Waals surface area contributed by atoms with Crippen LogP contribution in [0.4, 0.5) is 17.6 Å². The maximum atomic E-state index is 13.5. The van der Waals surface area contributed by atoms with Crippen LogP contribution in [0.15, 0.2) is 16.6 Å². The molecule has 16 heavy (non-hydrogen) atoms. The number of hydrogen-bond donors (Lipinski definition) is 1. The van der Waals surface area contributed by atoms with E-state index in [1.54, 1.807) is 0 Å². The Balaban J connectivity index is 3.46. The third-order valence-corrected chi connectivity index (χ3v) is 2.59. The van der Waals surface area contributed by atoms with E-state index in [9.17, 15) is 22.7 Å². The van der Waals surface area contributed by atoms with Crippen LogP contribution in [0.25, 0.3) is 0 Å². The van der Waals surface area contributed by atoms with Crippen LogP contribution in [0, 0.1) is 5.82 Å². The first-order chi connectivity index (χ1) is 7.03. The molecule has 0 spiro atoms. The molecule has 1 rings (SSSR count). The lowest BCUT2D eigenvalue weighted by molar-refractivity contribution is -0.137. The van der Waals surface area contributed by atoms with Crippen LogP contribution in [0.5, 0.6) is 0 Å². The number of benzene rings is 1. The Labute approximate surface area is 98.2 Å². The Morgan fingerprint density at radius 2 is 1.69 bits per heavy atom. The molecule has 1 aromatic carbocycles. The monoisotopic (exact) mass is 300 g/mol. The summed E-state index contributed by atoms with van der Waals surface area (Å²) < 4.78 is 50.5. The van der Waals surface area contributed by atoms with Gasteiger partial charge in [0, 0.05) is 5.56 Å². The molecule has 0 aliphatic carbocycles. The van der Waals surface area contributed by atoms with Gasteiger partial charge in [-0.05, 0) is 41.9 Å². The molecule has 0 aliphatic heterocycles. The zero-order valence-corrected chi connectivity index (χ0v) is 10.1. The maximum Gasteiger partial charge on any atom is 0.416 e.